The van der Waals surface area contributed by atoms with Crippen LogP contribution in [0.4, 0.5) is 0 Å². The topological polar surface area (TPSA) is 91.0 Å². The third-order valence-corrected chi connectivity index (χ3v) is 6.32. The quantitative estimate of drug-likeness (QED) is 0.286. The SMILES string of the molecule is N#Cc1c(-c2cc3ccc(Br)cc3oc2=N)nn2c(-c3ccccc3)cc(-c3ccccc3)nc12. The summed E-state index contributed by atoms with van der Waals surface area (Å²) in [5, 5.41) is 24.3. The highest BCUT2D eigenvalue weighted by molar-refractivity contribution is 9.10. The first-order chi connectivity index (χ1) is 17.1. The zero-order valence-electron chi connectivity index (χ0n) is 18.2. The van der Waals surface area contributed by atoms with E-state index in [2.05, 4.69) is 22.0 Å². The highest BCUT2D eigenvalue weighted by atomic mass is 79.9. The lowest BCUT2D eigenvalue weighted by molar-refractivity contribution is 0.535. The maximum Gasteiger partial charge on any atom is 0.221 e. The maximum absolute atomic E-state index is 10.2. The molecular weight excluding hydrogens is 502 g/mol. The number of aromatic nitrogens is 3. The molecule has 0 aliphatic carbocycles. The van der Waals surface area contributed by atoms with Crippen molar-refractivity contribution < 1.29 is 4.42 Å². The molecule has 0 amide bonds. The van der Waals surface area contributed by atoms with Gasteiger partial charge in [-0.25, -0.2) is 9.50 Å². The van der Waals surface area contributed by atoms with E-state index in [0.717, 1.165) is 32.4 Å². The number of nitrogens with zero attached hydrogens (tertiary/aromatic N) is 4. The average Bonchev–Trinajstić information content (AvgIpc) is 3.27. The Balaban J connectivity index is 1.68. The van der Waals surface area contributed by atoms with Crippen LogP contribution in [0.15, 0.2) is 99.9 Å². The van der Waals surface area contributed by atoms with Crippen molar-refractivity contribution >= 4 is 32.5 Å². The fourth-order valence-corrected chi connectivity index (χ4v) is 4.50. The number of halogens is 1. The predicted molar refractivity (Wildman–Crippen MR) is 137 cm³/mol. The third-order valence-electron chi connectivity index (χ3n) is 5.83. The molecule has 7 heteroatoms. The first-order valence-corrected chi connectivity index (χ1v) is 11.6. The molecule has 0 aliphatic heterocycles. The lowest BCUT2D eigenvalue weighted by Gasteiger charge is -2.08. The molecule has 0 aliphatic rings. The minimum absolute atomic E-state index is 0.0694. The van der Waals surface area contributed by atoms with E-state index in [-0.39, 0.29) is 5.55 Å². The molecule has 0 saturated carbocycles. The van der Waals surface area contributed by atoms with Crippen LogP contribution in [0.1, 0.15) is 5.56 Å². The molecule has 3 aromatic heterocycles. The Bertz CT molecular complexity index is 1830. The zero-order chi connectivity index (χ0) is 23.9. The summed E-state index contributed by atoms with van der Waals surface area (Å²) in [4.78, 5) is 4.83. The van der Waals surface area contributed by atoms with Gasteiger partial charge in [0.15, 0.2) is 5.65 Å². The molecule has 6 nitrogen and oxygen atoms in total. The summed E-state index contributed by atoms with van der Waals surface area (Å²) in [5.41, 5.74) is 5.43. The van der Waals surface area contributed by atoms with Gasteiger partial charge in [-0.2, -0.15) is 10.4 Å². The van der Waals surface area contributed by atoms with Crippen molar-refractivity contribution in [3.05, 3.63) is 107 Å². The monoisotopic (exact) mass is 517 g/mol. The molecule has 0 saturated heterocycles. The second-order valence-electron chi connectivity index (χ2n) is 8.00. The van der Waals surface area contributed by atoms with Crippen LogP contribution >= 0.6 is 15.9 Å². The summed E-state index contributed by atoms with van der Waals surface area (Å²) in [6, 6.07) is 31.4. The number of rotatable bonds is 3. The van der Waals surface area contributed by atoms with Crippen molar-refractivity contribution in [1.29, 1.82) is 10.7 Å². The molecule has 3 heterocycles. The molecule has 0 atom stereocenters. The third kappa shape index (κ3) is 3.61. The van der Waals surface area contributed by atoms with Gasteiger partial charge in [0.25, 0.3) is 0 Å². The van der Waals surface area contributed by atoms with Crippen LogP contribution in [0.2, 0.25) is 0 Å². The second kappa shape index (κ2) is 8.35. The minimum atomic E-state index is -0.0694. The molecule has 0 radical (unpaired) electrons. The van der Waals surface area contributed by atoms with Gasteiger partial charge in [-0.3, -0.25) is 5.41 Å². The highest BCUT2D eigenvalue weighted by Gasteiger charge is 2.22. The molecule has 0 unspecified atom stereocenters. The Hall–Kier alpha value is -4.54. The average molecular weight is 518 g/mol. The Labute approximate surface area is 208 Å². The van der Waals surface area contributed by atoms with E-state index in [1.54, 1.807) is 4.52 Å². The summed E-state index contributed by atoms with van der Waals surface area (Å²) in [6.45, 7) is 0. The number of hydrogen-bond donors (Lipinski definition) is 1. The summed E-state index contributed by atoms with van der Waals surface area (Å²) in [7, 11) is 0. The summed E-state index contributed by atoms with van der Waals surface area (Å²) >= 11 is 3.43. The van der Waals surface area contributed by atoms with Gasteiger partial charge in [-0.1, -0.05) is 82.7 Å². The van der Waals surface area contributed by atoms with Gasteiger partial charge in [-0.05, 0) is 24.3 Å². The molecule has 166 valence electrons. The lowest BCUT2D eigenvalue weighted by atomic mass is 10.1. The molecule has 6 aromatic rings. The van der Waals surface area contributed by atoms with Crippen molar-refractivity contribution in [3.63, 3.8) is 0 Å². The summed E-state index contributed by atoms with van der Waals surface area (Å²) in [5.74, 6) is 0. The van der Waals surface area contributed by atoms with Crippen molar-refractivity contribution in [2.45, 2.75) is 0 Å². The largest absolute Gasteiger partial charge is 0.438 e. The molecule has 35 heavy (non-hydrogen) atoms. The summed E-state index contributed by atoms with van der Waals surface area (Å²) in [6.07, 6.45) is 0. The van der Waals surface area contributed by atoms with Crippen molar-refractivity contribution in [1.82, 2.24) is 14.6 Å². The normalized spacial score (nSPS) is 11.1. The number of fused-ring (bicyclic) bond motifs is 2. The Morgan fingerprint density at radius 1 is 0.886 bits per heavy atom. The Kier molecular flexibility index (Phi) is 5.02. The minimum Gasteiger partial charge on any atom is -0.438 e. The van der Waals surface area contributed by atoms with Crippen LogP contribution in [-0.4, -0.2) is 14.6 Å². The lowest BCUT2D eigenvalue weighted by Crippen LogP contribution is -2.04. The van der Waals surface area contributed by atoms with Gasteiger partial charge >= 0.3 is 0 Å². The Morgan fingerprint density at radius 3 is 2.31 bits per heavy atom. The van der Waals surface area contributed by atoms with Crippen molar-refractivity contribution in [2.24, 2.45) is 0 Å². The van der Waals surface area contributed by atoms with Crippen molar-refractivity contribution in [2.75, 3.05) is 0 Å². The smallest absolute Gasteiger partial charge is 0.221 e. The van der Waals surface area contributed by atoms with Crippen LogP contribution in [-0.2, 0) is 0 Å². The molecule has 0 spiro atoms. The van der Waals surface area contributed by atoms with Gasteiger partial charge in [-0.15, -0.1) is 0 Å². The first kappa shape index (κ1) is 21.0. The first-order valence-electron chi connectivity index (χ1n) is 10.9. The van der Waals surface area contributed by atoms with Gasteiger partial charge in [0.2, 0.25) is 5.55 Å². The molecule has 0 bridgehead atoms. The number of benzene rings is 3. The van der Waals surface area contributed by atoms with Crippen LogP contribution in [0.5, 0.6) is 0 Å². The molecule has 1 N–H and O–H groups in total. The second-order valence-corrected chi connectivity index (χ2v) is 8.92. The molecule has 0 fully saturated rings. The van der Waals surface area contributed by atoms with Crippen LogP contribution in [0, 0.1) is 16.7 Å². The van der Waals surface area contributed by atoms with E-state index in [9.17, 15) is 5.26 Å². The van der Waals surface area contributed by atoms with Crippen LogP contribution in [0.3, 0.4) is 0 Å². The molecule has 6 rings (SSSR count). The zero-order valence-corrected chi connectivity index (χ0v) is 19.8. The summed E-state index contributed by atoms with van der Waals surface area (Å²) < 4.78 is 8.33. The van der Waals surface area contributed by atoms with E-state index in [0.29, 0.717) is 28.1 Å². The fraction of sp³-hybridized carbons (Fsp3) is 0. The van der Waals surface area contributed by atoms with Gasteiger partial charge in [0, 0.05) is 21.0 Å². The Morgan fingerprint density at radius 2 is 1.60 bits per heavy atom. The highest BCUT2D eigenvalue weighted by Crippen LogP contribution is 2.32. The van der Waals surface area contributed by atoms with E-state index < -0.39 is 0 Å². The van der Waals surface area contributed by atoms with E-state index >= 15 is 0 Å². The maximum atomic E-state index is 10.2. The standard InChI is InChI=1S/C28H16BrN5O/c29-20-12-11-19-13-21(27(31)35-25(19)14-20)26-22(16-30)28-32-23(17-7-3-1-4-8-17)15-24(34(28)33-26)18-9-5-2-6-10-18/h1-15,31H. The van der Waals surface area contributed by atoms with Crippen molar-refractivity contribution in [3.8, 4) is 39.8 Å². The molecule has 3 aromatic carbocycles. The van der Waals surface area contributed by atoms with E-state index in [1.807, 2.05) is 91.0 Å². The van der Waals surface area contributed by atoms with E-state index in [4.69, 9.17) is 19.9 Å². The van der Waals surface area contributed by atoms with Crippen LogP contribution < -0.4 is 5.55 Å². The number of nitriles is 1. The predicted octanol–water partition coefficient (Wildman–Crippen LogP) is 6.59. The van der Waals surface area contributed by atoms with Gasteiger partial charge in [0.05, 0.1) is 17.0 Å². The number of nitrogens with one attached hydrogen (secondary N) is 1. The number of hydrogen-bond acceptors (Lipinski definition) is 5. The van der Waals surface area contributed by atoms with Gasteiger partial charge < -0.3 is 4.42 Å². The van der Waals surface area contributed by atoms with Gasteiger partial charge in [0.1, 0.15) is 22.9 Å². The van der Waals surface area contributed by atoms with E-state index in [1.165, 1.54) is 0 Å². The fourth-order valence-electron chi connectivity index (χ4n) is 4.16. The molecular formula is C28H16BrN5O. The van der Waals surface area contributed by atoms with Crippen LogP contribution in [0.25, 0.3) is 50.4 Å².